The zero-order chi connectivity index (χ0) is 12.5. The van der Waals surface area contributed by atoms with Crippen LogP contribution in [-0.2, 0) is 10.9 Å². The molecule has 1 atom stereocenters. The summed E-state index contributed by atoms with van der Waals surface area (Å²) in [4.78, 5) is 0. The number of nitrogens with zero attached hydrogens (tertiary/aromatic N) is 1. The molecule has 2 rings (SSSR count). The van der Waals surface area contributed by atoms with Crippen LogP contribution in [0.25, 0.3) is 0 Å². The van der Waals surface area contributed by atoms with Crippen molar-refractivity contribution in [3.05, 3.63) is 29.3 Å². The van der Waals surface area contributed by atoms with Gasteiger partial charge in [0, 0.05) is 0 Å². The molecule has 0 radical (unpaired) electrons. The Balaban J connectivity index is 2.18. The van der Waals surface area contributed by atoms with E-state index in [-0.39, 0.29) is 18.5 Å². The lowest BCUT2D eigenvalue weighted by atomic mass is 10.1. The van der Waals surface area contributed by atoms with E-state index in [1.54, 1.807) is 0 Å². The van der Waals surface area contributed by atoms with Crippen molar-refractivity contribution in [3.63, 3.8) is 0 Å². The molecule has 6 heteroatoms. The molecular weight excluding hydrogens is 235 g/mol. The minimum Gasteiger partial charge on any atom is -0.491 e. The molecule has 1 unspecified atom stereocenters. The van der Waals surface area contributed by atoms with Crippen molar-refractivity contribution in [2.45, 2.75) is 12.3 Å². The maximum atomic E-state index is 12.5. The summed E-state index contributed by atoms with van der Waals surface area (Å²) < 4.78 is 47.5. The first-order chi connectivity index (χ1) is 8.00. The van der Waals surface area contributed by atoms with Gasteiger partial charge in [-0.25, -0.2) is 0 Å². The van der Waals surface area contributed by atoms with Gasteiger partial charge in [0.25, 0.3) is 0 Å². The molecule has 0 amide bonds. The van der Waals surface area contributed by atoms with Crippen molar-refractivity contribution in [1.29, 1.82) is 5.26 Å². The summed E-state index contributed by atoms with van der Waals surface area (Å²) in [6, 6.07) is 4.65. The topological polar surface area (TPSA) is 45.5 Å². The van der Waals surface area contributed by atoms with Crippen molar-refractivity contribution in [2.75, 3.05) is 13.2 Å². The highest BCUT2D eigenvalue weighted by Crippen LogP contribution is 2.33. The summed E-state index contributed by atoms with van der Waals surface area (Å²) in [6.07, 6.45) is -4.51. The molecule has 0 bridgehead atoms. The van der Waals surface area contributed by atoms with Crippen molar-refractivity contribution >= 4 is 0 Å². The number of rotatable bonds is 3. The number of halogens is 3. The third-order valence-electron chi connectivity index (χ3n) is 2.26. The molecule has 3 nitrogen and oxygen atoms in total. The molecule has 0 spiro atoms. The molecule has 1 fully saturated rings. The lowest BCUT2D eigenvalue weighted by Crippen LogP contribution is -2.09. The molecule has 0 saturated carbocycles. The Labute approximate surface area is 95.4 Å². The molecule has 1 aromatic carbocycles. The van der Waals surface area contributed by atoms with E-state index >= 15 is 0 Å². The van der Waals surface area contributed by atoms with Crippen molar-refractivity contribution < 1.29 is 22.6 Å². The molecule has 1 saturated heterocycles. The molecule has 17 heavy (non-hydrogen) atoms. The van der Waals surface area contributed by atoms with Gasteiger partial charge in [-0.2, -0.15) is 18.4 Å². The van der Waals surface area contributed by atoms with E-state index < -0.39 is 17.3 Å². The van der Waals surface area contributed by atoms with E-state index in [9.17, 15) is 13.2 Å². The zero-order valence-electron chi connectivity index (χ0n) is 8.62. The Kier molecular flexibility index (Phi) is 2.94. The molecular formula is C11H8F3NO2. The van der Waals surface area contributed by atoms with E-state index in [2.05, 4.69) is 0 Å². The molecule has 1 aliphatic rings. The smallest absolute Gasteiger partial charge is 0.417 e. The highest BCUT2D eigenvalue weighted by atomic mass is 19.4. The maximum Gasteiger partial charge on any atom is 0.417 e. The first-order valence-electron chi connectivity index (χ1n) is 4.86. The Hall–Kier alpha value is -1.74. The largest absolute Gasteiger partial charge is 0.491 e. The predicted octanol–water partition coefficient (Wildman–Crippen LogP) is 2.35. The first kappa shape index (κ1) is 11.7. The number of ether oxygens (including phenoxy) is 2. The van der Waals surface area contributed by atoms with Gasteiger partial charge < -0.3 is 9.47 Å². The number of alkyl halides is 3. The number of epoxide rings is 1. The molecule has 1 heterocycles. The van der Waals surface area contributed by atoms with Gasteiger partial charge in [-0.3, -0.25) is 0 Å². The van der Waals surface area contributed by atoms with E-state index in [1.807, 2.05) is 0 Å². The van der Waals surface area contributed by atoms with Gasteiger partial charge >= 0.3 is 6.18 Å². The Morgan fingerprint density at radius 2 is 2.18 bits per heavy atom. The van der Waals surface area contributed by atoms with Crippen molar-refractivity contribution in [2.24, 2.45) is 0 Å². The number of hydrogen-bond acceptors (Lipinski definition) is 3. The van der Waals surface area contributed by atoms with Crippen LogP contribution in [0.15, 0.2) is 18.2 Å². The van der Waals surface area contributed by atoms with Crippen LogP contribution in [0, 0.1) is 11.3 Å². The second-order valence-electron chi connectivity index (χ2n) is 3.58. The lowest BCUT2D eigenvalue weighted by Gasteiger charge is -2.10. The average molecular weight is 243 g/mol. The van der Waals surface area contributed by atoms with E-state index in [4.69, 9.17) is 14.7 Å². The zero-order valence-corrected chi connectivity index (χ0v) is 8.62. The van der Waals surface area contributed by atoms with Gasteiger partial charge in [0.1, 0.15) is 18.5 Å². The van der Waals surface area contributed by atoms with Gasteiger partial charge in [0.2, 0.25) is 0 Å². The fraction of sp³-hybridized carbons (Fsp3) is 0.364. The van der Waals surface area contributed by atoms with E-state index in [0.29, 0.717) is 6.61 Å². The van der Waals surface area contributed by atoms with E-state index in [0.717, 1.165) is 12.1 Å². The molecule has 0 N–H and O–H groups in total. The van der Waals surface area contributed by atoms with Gasteiger partial charge in [-0.15, -0.1) is 0 Å². The molecule has 1 aromatic rings. The summed E-state index contributed by atoms with van der Waals surface area (Å²) in [5.41, 5.74) is -1.39. The van der Waals surface area contributed by atoms with Crippen LogP contribution < -0.4 is 4.74 Å². The second kappa shape index (κ2) is 4.26. The monoisotopic (exact) mass is 243 g/mol. The minimum absolute atomic E-state index is 0.0165. The lowest BCUT2D eigenvalue weighted by molar-refractivity contribution is -0.137. The highest BCUT2D eigenvalue weighted by molar-refractivity contribution is 5.44. The summed E-state index contributed by atoms with van der Waals surface area (Å²) in [5, 5.41) is 8.67. The van der Waals surface area contributed by atoms with Gasteiger partial charge in [0.05, 0.1) is 23.8 Å². The van der Waals surface area contributed by atoms with Crippen molar-refractivity contribution in [3.8, 4) is 11.8 Å². The van der Waals surface area contributed by atoms with Gasteiger partial charge in [-0.1, -0.05) is 0 Å². The number of hydrogen-bond donors (Lipinski definition) is 0. The fourth-order valence-electron chi connectivity index (χ4n) is 1.31. The maximum absolute atomic E-state index is 12.5. The van der Waals surface area contributed by atoms with Crippen LogP contribution in [0.1, 0.15) is 11.1 Å². The van der Waals surface area contributed by atoms with Crippen LogP contribution in [0.4, 0.5) is 13.2 Å². The Morgan fingerprint density at radius 3 is 2.71 bits per heavy atom. The van der Waals surface area contributed by atoms with Crippen LogP contribution in [0.2, 0.25) is 0 Å². The van der Waals surface area contributed by atoms with E-state index in [1.165, 1.54) is 12.1 Å². The Morgan fingerprint density at radius 1 is 1.47 bits per heavy atom. The summed E-state index contributed by atoms with van der Waals surface area (Å²) in [6.45, 7) is 0.891. The van der Waals surface area contributed by atoms with Crippen LogP contribution >= 0.6 is 0 Å². The quantitative estimate of drug-likeness (QED) is 0.765. The SMILES string of the molecule is N#Cc1cc(OCC2CO2)ccc1C(F)(F)F. The summed E-state index contributed by atoms with van der Waals surface area (Å²) >= 11 is 0. The third kappa shape index (κ3) is 2.88. The standard InChI is InChI=1S/C11H8F3NO2/c12-11(13,14)10-2-1-8(3-7(10)4-15)16-5-9-6-17-9/h1-3,9H,5-6H2. The number of benzene rings is 1. The van der Waals surface area contributed by atoms with Crippen LogP contribution in [0.5, 0.6) is 5.75 Å². The normalized spacial score (nSPS) is 18.6. The van der Waals surface area contributed by atoms with Crippen molar-refractivity contribution in [1.82, 2.24) is 0 Å². The molecule has 90 valence electrons. The summed E-state index contributed by atoms with van der Waals surface area (Å²) in [5.74, 6) is 0.241. The van der Waals surface area contributed by atoms with Gasteiger partial charge in [0.15, 0.2) is 0 Å². The predicted molar refractivity (Wildman–Crippen MR) is 51.4 cm³/mol. The fourth-order valence-corrected chi connectivity index (χ4v) is 1.31. The Bertz CT molecular complexity index is 461. The van der Waals surface area contributed by atoms with Crippen LogP contribution in [0.3, 0.4) is 0 Å². The first-order valence-corrected chi connectivity index (χ1v) is 4.86. The molecule has 1 aliphatic heterocycles. The minimum atomic E-state index is -4.52. The highest BCUT2D eigenvalue weighted by Gasteiger charge is 2.33. The summed E-state index contributed by atoms with van der Waals surface area (Å²) in [7, 11) is 0. The molecule has 0 aromatic heterocycles. The van der Waals surface area contributed by atoms with Crippen LogP contribution in [-0.4, -0.2) is 19.3 Å². The second-order valence-corrected chi connectivity index (χ2v) is 3.58. The average Bonchev–Trinajstić information content (AvgIpc) is 3.08. The number of nitriles is 1. The molecule has 0 aliphatic carbocycles. The third-order valence-corrected chi connectivity index (χ3v) is 2.26. The van der Waals surface area contributed by atoms with Gasteiger partial charge in [-0.05, 0) is 18.2 Å².